The second-order valence-corrected chi connectivity index (χ2v) is 4.43. The molecule has 2 N–H and O–H groups in total. The third-order valence-corrected chi connectivity index (χ3v) is 2.85. The summed E-state index contributed by atoms with van der Waals surface area (Å²) in [5, 5.41) is 18.2. The molecule has 5 heteroatoms. The molecule has 86 valence electrons. The summed E-state index contributed by atoms with van der Waals surface area (Å²) in [6.45, 7) is 1.59. The highest BCUT2D eigenvalue weighted by atomic mass is 79.9. The first-order chi connectivity index (χ1) is 7.45. The van der Waals surface area contributed by atoms with Crippen molar-refractivity contribution in [1.29, 1.82) is 0 Å². The van der Waals surface area contributed by atoms with E-state index in [1.54, 1.807) is 13.0 Å². The van der Waals surface area contributed by atoms with E-state index in [-0.39, 0.29) is 11.3 Å². The number of aldehydes is 1. The van der Waals surface area contributed by atoms with Gasteiger partial charge in [0.05, 0.1) is 16.0 Å². The molecule has 0 aliphatic carbocycles. The van der Waals surface area contributed by atoms with E-state index in [1.807, 2.05) is 0 Å². The van der Waals surface area contributed by atoms with Gasteiger partial charge in [0.15, 0.2) is 6.29 Å². The second kappa shape index (κ2) is 5.12. The molecule has 0 amide bonds. The molecule has 0 aromatic heterocycles. The van der Waals surface area contributed by atoms with E-state index in [4.69, 9.17) is 5.11 Å². The van der Waals surface area contributed by atoms with E-state index in [9.17, 15) is 14.7 Å². The summed E-state index contributed by atoms with van der Waals surface area (Å²) in [6, 6.07) is 3.11. The number of carboxylic acid groups (broad SMARTS) is 1. The molecule has 0 bridgehead atoms. The summed E-state index contributed by atoms with van der Waals surface area (Å²) in [5.41, 5.74) is 0.851. The first-order valence-corrected chi connectivity index (χ1v) is 5.44. The standard InChI is InChI=1S/C11H11BrO4/c1-6(11(15)16)2-7-3-8(5-13)10(14)9(12)4-7/h3-6,14H,2H2,1H3,(H,15,16). The Hall–Kier alpha value is -1.36. The van der Waals surface area contributed by atoms with Crippen LogP contribution in [0.1, 0.15) is 22.8 Å². The minimum Gasteiger partial charge on any atom is -0.506 e. The third kappa shape index (κ3) is 2.82. The molecule has 0 spiro atoms. The molecule has 0 saturated heterocycles. The van der Waals surface area contributed by atoms with Crippen LogP contribution < -0.4 is 0 Å². The van der Waals surface area contributed by atoms with Crippen molar-refractivity contribution in [2.24, 2.45) is 5.92 Å². The quantitative estimate of drug-likeness (QED) is 0.833. The Morgan fingerprint density at radius 2 is 2.19 bits per heavy atom. The van der Waals surface area contributed by atoms with E-state index < -0.39 is 11.9 Å². The van der Waals surface area contributed by atoms with Crippen LogP contribution in [0.3, 0.4) is 0 Å². The predicted molar refractivity (Wildman–Crippen MR) is 61.7 cm³/mol. The van der Waals surface area contributed by atoms with Gasteiger partial charge in [-0.3, -0.25) is 9.59 Å². The van der Waals surface area contributed by atoms with E-state index in [0.29, 0.717) is 22.7 Å². The lowest BCUT2D eigenvalue weighted by atomic mass is 9.99. The first-order valence-electron chi connectivity index (χ1n) is 4.65. The Morgan fingerprint density at radius 3 is 2.69 bits per heavy atom. The Balaban J connectivity index is 3.02. The highest BCUT2D eigenvalue weighted by Gasteiger charge is 2.14. The number of aliphatic carboxylic acids is 1. The molecule has 1 unspecified atom stereocenters. The normalized spacial score (nSPS) is 12.1. The Kier molecular flexibility index (Phi) is 4.06. The number of rotatable bonds is 4. The molecule has 1 rings (SSSR count). The zero-order chi connectivity index (χ0) is 12.3. The number of phenols is 1. The van der Waals surface area contributed by atoms with Crippen LogP contribution in [0.5, 0.6) is 5.75 Å². The Morgan fingerprint density at radius 1 is 1.56 bits per heavy atom. The maximum atomic E-state index is 10.7. The molecular formula is C11H11BrO4. The van der Waals surface area contributed by atoms with Crippen molar-refractivity contribution in [3.63, 3.8) is 0 Å². The fraction of sp³-hybridized carbons (Fsp3) is 0.273. The molecule has 0 heterocycles. The number of aromatic hydroxyl groups is 1. The summed E-state index contributed by atoms with van der Waals surface area (Å²) in [6.07, 6.45) is 0.851. The van der Waals surface area contributed by atoms with Crippen LogP contribution in [0.25, 0.3) is 0 Å². The molecule has 0 fully saturated rings. The third-order valence-electron chi connectivity index (χ3n) is 2.24. The van der Waals surface area contributed by atoms with Crippen LogP contribution in [0.4, 0.5) is 0 Å². The molecule has 16 heavy (non-hydrogen) atoms. The molecule has 0 saturated carbocycles. The fourth-order valence-corrected chi connectivity index (χ4v) is 1.85. The van der Waals surface area contributed by atoms with Gasteiger partial charge >= 0.3 is 5.97 Å². The average Bonchev–Trinajstić information content (AvgIpc) is 2.22. The van der Waals surface area contributed by atoms with Crippen molar-refractivity contribution >= 4 is 28.2 Å². The second-order valence-electron chi connectivity index (χ2n) is 3.58. The molecule has 0 radical (unpaired) electrons. The molecule has 1 atom stereocenters. The van der Waals surface area contributed by atoms with Crippen LogP contribution in [-0.4, -0.2) is 22.5 Å². The van der Waals surface area contributed by atoms with Crippen LogP contribution in [0.15, 0.2) is 16.6 Å². The highest BCUT2D eigenvalue weighted by molar-refractivity contribution is 9.10. The number of phenolic OH excluding ortho intramolecular Hbond substituents is 1. The molecule has 1 aromatic rings. The number of benzene rings is 1. The number of carbonyl (C=O) groups is 2. The lowest BCUT2D eigenvalue weighted by molar-refractivity contribution is -0.141. The molecule has 0 aliphatic rings. The van der Waals surface area contributed by atoms with E-state index in [2.05, 4.69) is 15.9 Å². The van der Waals surface area contributed by atoms with Crippen molar-refractivity contribution in [2.45, 2.75) is 13.3 Å². The molecule has 1 aromatic carbocycles. The van der Waals surface area contributed by atoms with Gasteiger partial charge in [-0.05, 0) is 40.0 Å². The molecule has 4 nitrogen and oxygen atoms in total. The highest BCUT2D eigenvalue weighted by Crippen LogP contribution is 2.29. The van der Waals surface area contributed by atoms with Gasteiger partial charge in [0, 0.05) is 0 Å². The van der Waals surface area contributed by atoms with Crippen molar-refractivity contribution in [2.75, 3.05) is 0 Å². The van der Waals surface area contributed by atoms with Crippen molar-refractivity contribution < 1.29 is 19.8 Å². The Labute approximate surface area is 101 Å². The number of halogens is 1. The zero-order valence-corrected chi connectivity index (χ0v) is 10.2. The van der Waals surface area contributed by atoms with Gasteiger partial charge in [-0.15, -0.1) is 0 Å². The molecular weight excluding hydrogens is 276 g/mol. The minimum atomic E-state index is -0.892. The van der Waals surface area contributed by atoms with Crippen LogP contribution in [-0.2, 0) is 11.2 Å². The maximum Gasteiger partial charge on any atom is 0.306 e. The van der Waals surface area contributed by atoms with E-state index in [0.717, 1.165) is 0 Å². The van der Waals surface area contributed by atoms with Gasteiger partial charge < -0.3 is 10.2 Å². The number of hydrogen-bond acceptors (Lipinski definition) is 3. The topological polar surface area (TPSA) is 74.6 Å². The first kappa shape index (κ1) is 12.7. The minimum absolute atomic E-state index is 0.123. The molecule has 0 aliphatic heterocycles. The number of carbonyl (C=O) groups excluding carboxylic acids is 1. The van der Waals surface area contributed by atoms with Gasteiger partial charge in [0.1, 0.15) is 5.75 Å². The smallest absolute Gasteiger partial charge is 0.306 e. The van der Waals surface area contributed by atoms with Gasteiger partial charge in [0.25, 0.3) is 0 Å². The lowest BCUT2D eigenvalue weighted by Crippen LogP contribution is -2.12. The van der Waals surface area contributed by atoms with E-state index >= 15 is 0 Å². The summed E-state index contributed by atoms with van der Waals surface area (Å²) < 4.78 is 0.393. The maximum absolute atomic E-state index is 10.7. The lowest BCUT2D eigenvalue weighted by Gasteiger charge is -2.09. The summed E-state index contributed by atoms with van der Waals surface area (Å²) >= 11 is 3.11. The summed E-state index contributed by atoms with van der Waals surface area (Å²) in [4.78, 5) is 21.3. The number of hydrogen-bond donors (Lipinski definition) is 2. The van der Waals surface area contributed by atoms with Gasteiger partial charge in [-0.1, -0.05) is 6.92 Å². The van der Waals surface area contributed by atoms with Crippen molar-refractivity contribution in [3.8, 4) is 5.75 Å². The monoisotopic (exact) mass is 286 g/mol. The predicted octanol–water partition coefficient (Wildman–Crippen LogP) is 2.23. The van der Waals surface area contributed by atoms with Gasteiger partial charge in [-0.25, -0.2) is 0 Å². The van der Waals surface area contributed by atoms with Crippen molar-refractivity contribution in [3.05, 3.63) is 27.7 Å². The average molecular weight is 287 g/mol. The van der Waals surface area contributed by atoms with Gasteiger partial charge in [-0.2, -0.15) is 0 Å². The largest absolute Gasteiger partial charge is 0.506 e. The van der Waals surface area contributed by atoms with E-state index in [1.165, 1.54) is 6.07 Å². The van der Waals surface area contributed by atoms with Crippen LogP contribution in [0, 0.1) is 5.92 Å². The number of carboxylic acids is 1. The van der Waals surface area contributed by atoms with Crippen molar-refractivity contribution in [1.82, 2.24) is 0 Å². The van der Waals surface area contributed by atoms with Crippen LogP contribution >= 0.6 is 15.9 Å². The fourth-order valence-electron chi connectivity index (χ4n) is 1.33. The SMILES string of the molecule is CC(Cc1cc(Br)c(O)c(C=O)c1)C(=O)O. The van der Waals surface area contributed by atoms with Crippen LogP contribution in [0.2, 0.25) is 0 Å². The van der Waals surface area contributed by atoms with Gasteiger partial charge in [0.2, 0.25) is 0 Å². The zero-order valence-electron chi connectivity index (χ0n) is 8.61. The Bertz CT molecular complexity index is 428. The summed E-state index contributed by atoms with van der Waals surface area (Å²) in [5.74, 6) is -1.55. The summed E-state index contributed by atoms with van der Waals surface area (Å²) in [7, 11) is 0.